The van der Waals surface area contributed by atoms with Crippen molar-refractivity contribution in [2.45, 2.75) is 19.3 Å². The van der Waals surface area contributed by atoms with Gasteiger partial charge in [0.25, 0.3) is 0 Å². The van der Waals surface area contributed by atoms with Crippen LogP contribution < -0.4 is 20.1 Å². The highest BCUT2D eigenvalue weighted by molar-refractivity contribution is 5.96. The molecule has 1 aliphatic carbocycles. The van der Waals surface area contributed by atoms with E-state index in [1.54, 1.807) is 0 Å². The number of benzene rings is 1. The van der Waals surface area contributed by atoms with E-state index in [0.29, 0.717) is 11.4 Å². The van der Waals surface area contributed by atoms with E-state index >= 15 is 0 Å². The normalized spacial score (nSPS) is 21.3. The lowest BCUT2D eigenvalue weighted by Crippen LogP contribution is -2.31. The number of hydrogen-bond acceptors (Lipinski definition) is 4. The minimum atomic E-state index is -0.522. The second kappa shape index (κ2) is 6.93. The van der Waals surface area contributed by atoms with Crippen molar-refractivity contribution in [3.63, 3.8) is 0 Å². The van der Waals surface area contributed by atoms with E-state index < -0.39 is 5.82 Å². The van der Waals surface area contributed by atoms with Crippen molar-refractivity contribution in [1.29, 1.82) is 0 Å². The molecule has 2 fully saturated rings. The molecule has 23 heavy (non-hydrogen) atoms. The molecule has 0 radical (unpaired) electrons. The van der Waals surface area contributed by atoms with Gasteiger partial charge < -0.3 is 20.1 Å². The van der Waals surface area contributed by atoms with Gasteiger partial charge in [0.1, 0.15) is 5.75 Å². The fourth-order valence-corrected chi connectivity index (χ4v) is 3.37. The molecule has 1 aromatic rings. The second-order valence-corrected chi connectivity index (χ2v) is 6.05. The maximum absolute atomic E-state index is 13.8. The number of carbonyl (C=O) groups excluding carboxylic acids is 1. The molecule has 3 rings (SSSR count). The molecule has 1 aromatic carbocycles. The molecule has 1 amide bonds. The third kappa shape index (κ3) is 3.38. The minimum Gasteiger partial charge on any atom is -0.494 e. The van der Waals surface area contributed by atoms with Gasteiger partial charge in [0, 0.05) is 18.1 Å². The molecule has 128 valence electrons. The number of carbonyl (C=O) groups is 1. The van der Waals surface area contributed by atoms with E-state index in [9.17, 15) is 9.18 Å². The van der Waals surface area contributed by atoms with Crippen molar-refractivity contribution in [2.75, 3.05) is 32.6 Å². The van der Waals surface area contributed by atoms with E-state index in [0.717, 1.165) is 32.4 Å². The summed E-state index contributed by atoms with van der Waals surface area (Å²) >= 11 is 0. The fraction of sp³-hybridized carbons (Fsp3) is 0.562. The molecule has 5 nitrogen and oxygen atoms in total. The molecule has 1 saturated carbocycles. The van der Waals surface area contributed by atoms with Crippen molar-refractivity contribution < 1.29 is 18.7 Å². The summed E-state index contributed by atoms with van der Waals surface area (Å²) in [5.41, 5.74) is 0.495. The molecule has 1 spiro atoms. The van der Waals surface area contributed by atoms with Crippen LogP contribution in [0.1, 0.15) is 19.3 Å². The first-order valence-corrected chi connectivity index (χ1v) is 7.53. The van der Waals surface area contributed by atoms with Crippen LogP contribution in [0.5, 0.6) is 11.5 Å². The number of anilines is 1. The standard InChI is InChI=1S/C16H21FN2O3.ClH/c1-21-13-8-14(22-2)12(7-11(13)17)19-15(20)10-9-16(10)3-5-18-6-4-16;/h7-8,10,18H,3-6,9H2,1-2H3,(H,19,20);1H. The number of amides is 1. The van der Waals surface area contributed by atoms with Gasteiger partial charge in [0.15, 0.2) is 11.6 Å². The van der Waals surface area contributed by atoms with Crippen LogP contribution in [-0.2, 0) is 4.79 Å². The number of rotatable bonds is 4. The van der Waals surface area contributed by atoms with Gasteiger partial charge in [-0.1, -0.05) is 0 Å². The van der Waals surface area contributed by atoms with Crippen LogP contribution in [0.2, 0.25) is 0 Å². The summed E-state index contributed by atoms with van der Waals surface area (Å²) in [4.78, 5) is 12.4. The highest BCUT2D eigenvalue weighted by Gasteiger charge is 2.57. The molecular weight excluding hydrogens is 323 g/mol. The maximum atomic E-state index is 13.8. The van der Waals surface area contributed by atoms with Gasteiger partial charge in [-0.2, -0.15) is 0 Å². The zero-order chi connectivity index (χ0) is 15.7. The van der Waals surface area contributed by atoms with Crippen LogP contribution in [0.25, 0.3) is 0 Å². The second-order valence-electron chi connectivity index (χ2n) is 6.05. The summed E-state index contributed by atoms with van der Waals surface area (Å²) in [6.45, 7) is 1.93. The third-order valence-corrected chi connectivity index (χ3v) is 4.84. The van der Waals surface area contributed by atoms with Crippen molar-refractivity contribution in [2.24, 2.45) is 11.3 Å². The van der Waals surface area contributed by atoms with E-state index in [2.05, 4.69) is 10.6 Å². The fourth-order valence-electron chi connectivity index (χ4n) is 3.37. The molecule has 1 aliphatic heterocycles. The van der Waals surface area contributed by atoms with Gasteiger partial charge in [-0.15, -0.1) is 12.4 Å². The van der Waals surface area contributed by atoms with E-state index in [1.807, 2.05) is 0 Å². The van der Waals surface area contributed by atoms with Crippen molar-refractivity contribution in [1.82, 2.24) is 5.32 Å². The van der Waals surface area contributed by atoms with Crippen LogP contribution in [0.3, 0.4) is 0 Å². The Bertz CT molecular complexity index is 591. The molecule has 1 saturated heterocycles. The molecule has 7 heteroatoms. The highest BCUT2D eigenvalue weighted by Crippen LogP contribution is 2.58. The van der Waals surface area contributed by atoms with Crippen LogP contribution in [0, 0.1) is 17.2 Å². The smallest absolute Gasteiger partial charge is 0.228 e. The predicted molar refractivity (Wildman–Crippen MR) is 88.0 cm³/mol. The Morgan fingerprint density at radius 1 is 1.26 bits per heavy atom. The summed E-state index contributed by atoms with van der Waals surface area (Å²) in [6, 6.07) is 2.69. The Balaban J connectivity index is 0.00000192. The Kier molecular flexibility index (Phi) is 5.37. The predicted octanol–water partition coefficient (Wildman–Crippen LogP) is 2.59. The highest BCUT2D eigenvalue weighted by atomic mass is 35.5. The Morgan fingerprint density at radius 3 is 2.52 bits per heavy atom. The number of nitrogens with one attached hydrogen (secondary N) is 2. The number of hydrogen-bond donors (Lipinski definition) is 2. The summed E-state index contributed by atoms with van der Waals surface area (Å²) in [6.07, 6.45) is 2.97. The first-order valence-electron chi connectivity index (χ1n) is 7.53. The summed E-state index contributed by atoms with van der Waals surface area (Å²) in [5, 5.41) is 6.12. The molecule has 2 aliphatic rings. The van der Waals surface area contributed by atoms with Gasteiger partial charge in [-0.3, -0.25) is 4.79 Å². The number of piperidine rings is 1. The maximum Gasteiger partial charge on any atom is 0.228 e. The molecule has 0 aromatic heterocycles. The van der Waals surface area contributed by atoms with E-state index in [-0.39, 0.29) is 35.4 Å². The van der Waals surface area contributed by atoms with Crippen LogP contribution >= 0.6 is 12.4 Å². The van der Waals surface area contributed by atoms with Gasteiger partial charge in [0.2, 0.25) is 5.91 Å². The molecule has 0 bridgehead atoms. The quantitative estimate of drug-likeness (QED) is 0.881. The average Bonchev–Trinajstić information content (AvgIpc) is 3.21. The number of ether oxygens (including phenoxy) is 2. The van der Waals surface area contributed by atoms with Crippen molar-refractivity contribution >= 4 is 24.0 Å². The average molecular weight is 345 g/mol. The molecular formula is C16H22ClFN2O3. The van der Waals surface area contributed by atoms with Crippen LogP contribution in [0.15, 0.2) is 12.1 Å². The Hall–Kier alpha value is -1.53. The van der Waals surface area contributed by atoms with Crippen molar-refractivity contribution in [3.8, 4) is 11.5 Å². The number of methoxy groups -OCH3 is 2. The minimum absolute atomic E-state index is 0. The lowest BCUT2D eigenvalue weighted by atomic mass is 9.92. The van der Waals surface area contributed by atoms with Gasteiger partial charge in [-0.05, 0) is 37.8 Å². The monoisotopic (exact) mass is 344 g/mol. The third-order valence-electron chi connectivity index (χ3n) is 4.84. The first-order chi connectivity index (χ1) is 10.6. The SMILES string of the molecule is COc1cc(OC)c(NC(=O)C2CC23CCNCC3)cc1F.Cl. The van der Waals surface area contributed by atoms with Gasteiger partial charge in [-0.25, -0.2) is 4.39 Å². The first kappa shape index (κ1) is 17.8. The Morgan fingerprint density at radius 2 is 1.91 bits per heavy atom. The zero-order valence-corrected chi connectivity index (χ0v) is 14.1. The molecule has 1 atom stereocenters. The number of halogens is 2. The van der Waals surface area contributed by atoms with E-state index in [1.165, 1.54) is 26.4 Å². The lowest BCUT2D eigenvalue weighted by Gasteiger charge is -2.23. The topological polar surface area (TPSA) is 59.6 Å². The largest absolute Gasteiger partial charge is 0.494 e. The lowest BCUT2D eigenvalue weighted by molar-refractivity contribution is -0.118. The molecule has 2 N–H and O–H groups in total. The molecule has 1 heterocycles. The summed E-state index contributed by atoms with van der Waals surface area (Å²) in [7, 11) is 2.87. The van der Waals surface area contributed by atoms with Crippen LogP contribution in [-0.4, -0.2) is 33.2 Å². The van der Waals surface area contributed by atoms with Gasteiger partial charge >= 0.3 is 0 Å². The van der Waals surface area contributed by atoms with Gasteiger partial charge in [0.05, 0.1) is 19.9 Å². The summed E-state index contributed by atoms with van der Waals surface area (Å²) in [5.74, 6) is -0.0667. The van der Waals surface area contributed by atoms with Crippen LogP contribution in [0.4, 0.5) is 10.1 Å². The molecule has 1 unspecified atom stereocenters. The Labute approximate surface area is 141 Å². The zero-order valence-electron chi connectivity index (χ0n) is 13.3. The van der Waals surface area contributed by atoms with Crippen molar-refractivity contribution in [3.05, 3.63) is 17.9 Å². The van der Waals surface area contributed by atoms with E-state index in [4.69, 9.17) is 9.47 Å². The summed E-state index contributed by atoms with van der Waals surface area (Å²) < 4.78 is 24.0.